The number of hydrogen-bond donors (Lipinski definition) is 1. The molecule has 0 aromatic rings. The number of morpholine rings is 1. The molecule has 0 radical (unpaired) electrons. The van der Waals surface area contributed by atoms with E-state index in [0.717, 1.165) is 32.2 Å². The van der Waals surface area contributed by atoms with Crippen molar-refractivity contribution in [3.05, 3.63) is 0 Å². The van der Waals surface area contributed by atoms with E-state index >= 15 is 0 Å². The van der Waals surface area contributed by atoms with Crippen LogP contribution in [0.1, 0.15) is 53.9 Å². The Morgan fingerprint density at radius 3 is 2.63 bits per heavy atom. The smallest absolute Gasteiger partial charge is 0.0674 e. The molecule has 3 heteroatoms. The van der Waals surface area contributed by atoms with E-state index in [4.69, 9.17) is 4.74 Å². The van der Waals surface area contributed by atoms with E-state index in [9.17, 15) is 0 Å². The molecule has 114 valence electrons. The Balaban J connectivity index is 2.19. The summed E-state index contributed by atoms with van der Waals surface area (Å²) in [6, 6.07) is 1.25. The van der Waals surface area contributed by atoms with E-state index < -0.39 is 0 Å². The van der Waals surface area contributed by atoms with Gasteiger partial charge >= 0.3 is 0 Å². The first kappa shape index (κ1) is 16.9. The Hall–Kier alpha value is -0.120. The molecule has 0 saturated carbocycles. The minimum Gasteiger partial charge on any atom is -0.376 e. The van der Waals surface area contributed by atoms with E-state index in [0.29, 0.717) is 18.2 Å². The molecule has 3 atom stereocenters. The molecule has 0 bridgehead atoms. The second-order valence-corrected chi connectivity index (χ2v) is 6.53. The van der Waals surface area contributed by atoms with Crippen molar-refractivity contribution >= 4 is 0 Å². The van der Waals surface area contributed by atoms with Crippen molar-refractivity contribution in [3.8, 4) is 0 Å². The third kappa shape index (κ3) is 6.73. The van der Waals surface area contributed by atoms with Crippen molar-refractivity contribution in [1.29, 1.82) is 0 Å². The molecule has 1 saturated heterocycles. The van der Waals surface area contributed by atoms with Crippen molar-refractivity contribution in [1.82, 2.24) is 10.2 Å². The monoisotopic (exact) mass is 270 g/mol. The molecule has 1 aliphatic heterocycles. The summed E-state index contributed by atoms with van der Waals surface area (Å²) in [5.41, 5.74) is 0. The molecule has 0 spiro atoms. The Bertz CT molecular complexity index is 233. The normalized spacial score (nSPS) is 26.8. The average molecular weight is 270 g/mol. The quantitative estimate of drug-likeness (QED) is 0.734. The largest absolute Gasteiger partial charge is 0.376 e. The van der Waals surface area contributed by atoms with Crippen LogP contribution < -0.4 is 5.32 Å². The molecule has 1 fully saturated rings. The molecule has 1 aliphatic rings. The van der Waals surface area contributed by atoms with Crippen LogP contribution in [0.3, 0.4) is 0 Å². The summed E-state index contributed by atoms with van der Waals surface area (Å²) in [4.78, 5) is 2.59. The van der Waals surface area contributed by atoms with Crippen LogP contribution >= 0.6 is 0 Å². The molecule has 0 aromatic heterocycles. The summed E-state index contributed by atoms with van der Waals surface area (Å²) >= 11 is 0. The number of ether oxygens (including phenoxy) is 1. The van der Waals surface area contributed by atoms with Crippen LogP contribution in [0.5, 0.6) is 0 Å². The van der Waals surface area contributed by atoms with Crippen molar-refractivity contribution < 1.29 is 4.74 Å². The standard InChI is InChI=1S/C16H34N2O/c1-6-16-12-19-15(5)11-18(16)10-9-17-14(4)8-7-13(2)3/h13-17H,6-12H2,1-5H3. The lowest BCUT2D eigenvalue weighted by atomic mass is 10.0. The Morgan fingerprint density at radius 1 is 1.26 bits per heavy atom. The zero-order chi connectivity index (χ0) is 14.3. The minimum atomic E-state index is 0.390. The van der Waals surface area contributed by atoms with Gasteiger partial charge in [-0.2, -0.15) is 0 Å². The Labute approximate surface area is 120 Å². The molecule has 1 N–H and O–H groups in total. The first-order valence-corrected chi connectivity index (χ1v) is 8.12. The highest BCUT2D eigenvalue weighted by Crippen LogP contribution is 2.13. The lowest BCUT2D eigenvalue weighted by molar-refractivity contribution is -0.0552. The fourth-order valence-corrected chi connectivity index (χ4v) is 2.70. The predicted molar refractivity (Wildman–Crippen MR) is 82.6 cm³/mol. The fourth-order valence-electron chi connectivity index (χ4n) is 2.70. The van der Waals surface area contributed by atoms with Gasteiger partial charge in [-0.15, -0.1) is 0 Å². The first-order chi connectivity index (χ1) is 9.02. The molecule has 0 aromatic carbocycles. The number of nitrogens with one attached hydrogen (secondary N) is 1. The summed E-state index contributed by atoms with van der Waals surface area (Å²) in [7, 11) is 0. The minimum absolute atomic E-state index is 0.390. The molecule has 0 amide bonds. The zero-order valence-corrected chi connectivity index (χ0v) is 13.6. The summed E-state index contributed by atoms with van der Waals surface area (Å²) in [6.45, 7) is 15.6. The van der Waals surface area contributed by atoms with Crippen LogP contribution in [-0.2, 0) is 4.74 Å². The van der Waals surface area contributed by atoms with Crippen LogP contribution in [-0.4, -0.2) is 49.3 Å². The molecule has 1 heterocycles. The topological polar surface area (TPSA) is 24.5 Å². The highest BCUT2D eigenvalue weighted by Gasteiger charge is 2.24. The number of nitrogens with zero attached hydrogens (tertiary/aromatic N) is 1. The van der Waals surface area contributed by atoms with Gasteiger partial charge in [0.1, 0.15) is 0 Å². The van der Waals surface area contributed by atoms with Crippen LogP contribution in [0.15, 0.2) is 0 Å². The molecule has 3 nitrogen and oxygen atoms in total. The molecule has 1 rings (SSSR count). The van der Waals surface area contributed by atoms with E-state index in [2.05, 4.69) is 44.8 Å². The van der Waals surface area contributed by atoms with Gasteiger partial charge in [-0.25, -0.2) is 0 Å². The van der Waals surface area contributed by atoms with E-state index in [-0.39, 0.29) is 0 Å². The Morgan fingerprint density at radius 2 is 2.00 bits per heavy atom. The van der Waals surface area contributed by atoms with Crippen LogP contribution in [0, 0.1) is 5.92 Å². The van der Waals surface area contributed by atoms with Crippen LogP contribution in [0.25, 0.3) is 0 Å². The van der Waals surface area contributed by atoms with Gasteiger partial charge in [0.05, 0.1) is 12.7 Å². The fraction of sp³-hybridized carbons (Fsp3) is 1.00. The summed E-state index contributed by atoms with van der Waals surface area (Å²) in [5.74, 6) is 0.814. The Kier molecular flexibility index (Phi) is 7.96. The van der Waals surface area contributed by atoms with Crippen molar-refractivity contribution in [2.24, 2.45) is 5.92 Å². The van der Waals surface area contributed by atoms with Gasteiger partial charge in [0.2, 0.25) is 0 Å². The average Bonchev–Trinajstić information content (AvgIpc) is 2.36. The first-order valence-electron chi connectivity index (χ1n) is 8.12. The lowest BCUT2D eigenvalue weighted by Crippen LogP contribution is -2.50. The van der Waals surface area contributed by atoms with E-state index in [1.54, 1.807) is 0 Å². The second-order valence-electron chi connectivity index (χ2n) is 6.53. The maximum absolute atomic E-state index is 5.74. The van der Waals surface area contributed by atoms with Crippen molar-refractivity contribution in [2.75, 3.05) is 26.2 Å². The van der Waals surface area contributed by atoms with Gasteiger partial charge < -0.3 is 10.1 Å². The number of rotatable bonds is 8. The summed E-state index contributed by atoms with van der Waals surface area (Å²) in [5, 5.41) is 3.66. The van der Waals surface area contributed by atoms with Gasteiger partial charge in [0.15, 0.2) is 0 Å². The molecule has 3 unspecified atom stereocenters. The van der Waals surface area contributed by atoms with Crippen LogP contribution in [0.2, 0.25) is 0 Å². The van der Waals surface area contributed by atoms with Gasteiger partial charge in [-0.05, 0) is 39.0 Å². The maximum Gasteiger partial charge on any atom is 0.0674 e. The molecule has 0 aliphatic carbocycles. The second kappa shape index (κ2) is 8.93. The third-order valence-electron chi connectivity index (χ3n) is 4.12. The van der Waals surface area contributed by atoms with Crippen molar-refractivity contribution in [2.45, 2.75) is 72.1 Å². The SMILES string of the molecule is CCC1COC(C)CN1CCNC(C)CCC(C)C. The van der Waals surface area contributed by atoms with E-state index in [1.165, 1.54) is 19.3 Å². The summed E-state index contributed by atoms with van der Waals surface area (Å²) < 4.78 is 5.74. The third-order valence-corrected chi connectivity index (χ3v) is 4.12. The van der Waals surface area contributed by atoms with E-state index in [1.807, 2.05) is 0 Å². The van der Waals surface area contributed by atoms with Gasteiger partial charge in [-0.1, -0.05) is 20.8 Å². The molecular formula is C16H34N2O. The molecular weight excluding hydrogens is 236 g/mol. The highest BCUT2D eigenvalue weighted by atomic mass is 16.5. The maximum atomic E-state index is 5.74. The highest BCUT2D eigenvalue weighted by molar-refractivity contribution is 4.78. The number of hydrogen-bond acceptors (Lipinski definition) is 3. The summed E-state index contributed by atoms with van der Waals surface area (Å²) in [6.07, 6.45) is 4.19. The van der Waals surface area contributed by atoms with Crippen molar-refractivity contribution in [3.63, 3.8) is 0 Å². The zero-order valence-electron chi connectivity index (χ0n) is 13.6. The lowest BCUT2D eigenvalue weighted by Gasteiger charge is -2.38. The molecule has 19 heavy (non-hydrogen) atoms. The van der Waals surface area contributed by atoms with Gasteiger partial charge in [-0.3, -0.25) is 4.90 Å². The van der Waals surface area contributed by atoms with Gasteiger partial charge in [0, 0.05) is 31.7 Å². The van der Waals surface area contributed by atoms with Crippen LogP contribution in [0.4, 0.5) is 0 Å². The predicted octanol–water partition coefficient (Wildman–Crippen LogP) is 2.90. The van der Waals surface area contributed by atoms with Gasteiger partial charge in [0.25, 0.3) is 0 Å².